The van der Waals surface area contributed by atoms with Crippen LogP contribution in [0.1, 0.15) is 44.1 Å². The van der Waals surface area contributed by atoms with Crippen LogP contribution in [0.25, 0.3) is 0 Å². The van der Waals surface area contributed by atoms with Crippen molar-refractivity contribution in [1.82, 2.24) is 0 Å². The smallest absolute Gasteiger partial charge is 0.304 e. The van der Waals surface area contributed by atoms with E-state index in [0.29, 0.717) is 13.2 Å². The van der Waals surface area contributed by atoms with Gasteiger partial charge in [-0.25, -0.2) is 0 Å². The summed E-state index contributed by atoms with van der Waals surface area (Å²) in [7, 11) is 0. The summed E-state index contributed by atoms with van der Waals surface area (Å²) in [6.45, 7) is 1.13. The lowest BCUT2D eigenvalue weighted by molar-refractivity contribution is -0.138. The van der Waals surface area contributed by atoms with Crippen LogP contribution >= 0.6 is 0 Å². The third kappa shape index (κ3) is 2.47. The zero-order chi connectivity index (χ0) is 14.0. The molecule has 1 fully saturated rings. The van der Waals surface area contributed by atoms with Crippen molar-refractivity contribution in [3.05, 3.63) is 23.8 Å². The van der Waals surface area contributed by atoms with Crippen LogP contribution < -0.4 is 9.47 Å². The molecule has 0 aromatic heterocycles. The Labute approximate surface area is 118 Å². The van der Waals surface area contributed by atoms with E-state index in [9.17, 15) is 9.90 Å². The molecule has 1 saturated carbocycles. The minimum absolute atomic E-state index is 0.201. The Balaban J connectivity index is 1.96. The van der Waals surface area contributed by atoms with Gasteiger partial charge in [0.15, 0.2) is 11.5 Å². The van der Waals surface area contributed by atoms with Crippen molar-refractivity contribution in [2.75, 3.05) is 13.2 Å². The van der Waals surface area contributed by atoms with Gasteiger partial charge in [0.1, 0.15) is 13.2 Å². The molecular weight excluding hydrogens is 256 g/mol. The zero-order valence-corrected chi connectivity index (χ0v) is 11.6. The SMILES string of the molecule is O=C(O)CC1(c2ccc3c(c2)OCCO3)CCCCC1. The molecule has 1 aliphatic carbocycles. The van der Waals surface area contributed by atoms with Gasteiger partial charge in [0, 0.05) is 5.41 Å². The average Bonchev–Trinajstić information content (AvgIpc) is 2.47. The molecule has 4 heteroatoms. The number of hydrogen-bond acceptors (Lipinski definition) is 3. The molecule has 3 rings (SSSR count). The van der Waals surface area contributed by atoms with Gasteiger partial charge in [0.05, 0.1) is 6.42 Å². The maximum Gasteiger partial charge on any atom is 0.304 e. The molecule has 0 spiro atoms. The largest absolute Gasteiger partial charge is 0.486 e. The molecule has 1 aromatic carbocycles. The molecular formula is C16H20O4. The number of benzene rings is 1. The van der Waals surface area contributed by atoms with E-state index in [-0.39, 0.29) is 11.8 Å². The van der Waals surface area contributed by atoms with Gasteiger partial charge in [0.2, 0.25) is 0 Å². The van der Waals surface area contributed by atoms with Crippen LogP contribution in [0.5, 0.6) is 11.5 Å². The minimum Gasteiger partial charge on any atom is -0.486 e. The molecule has 108 valence electrons. The van der Waals surface area contributed by atoms with Crippen molar-refractivity contribution < 1.29 is 19.4 Å². The Hall–Kier alpha value is -1.71. The van der Waals surface area contributed by atoms with E-state index in [1.54, 1.807) is 0 Å². The highest BCUT2D eigenvalue weighted by Gasteiger charge is 2.36. The van der Waals surface area contributed by atoms with Crippen LogP contribution in [0.4, 0.5) is 0 Å². The number of carbonyl (C=O) groups is 1. The fraction of sp³-hybridized carbons (Fsp3) is 0.562. The van der Waals surface area contributed by atoms with Gasteiger partial charge in [-0.2, -0.15) is 0 Å². The number of hydrogen-bond donors (Lipinski definition) is 1. The zero-order valence-electron chi connectivity index (χ0n) is 11.6. The lowest BCUT2D eigenvalue weighted by Crippen LogP contribution is -2.32. The van der Waals surface area contributed by atoms with Gasteiger partial charge in [-0.15, -0.1) is 0 Å². The summed E-state index contributed by atoms with van der Waals surface area (Å²) in [6, 6.07) is 5.92. The standard InChI is InChI=1S/C16H20O4/c17-15(18)11-16(6-2-1-3-7-16)12-4-5-13-14(10-12)20-9-8-19-13/h4-5,10H,1-3,6-9,11H2,(H,17,18). The maximum atomic E-state index is 11.3. The van der Waals surface area contributed by atoms with Crippen LogP contribution in [0.3, 0.4) is 0 Å². The molecule has 0 bridgehead atoms. The maximum absolute atomic E-state index is 11.3. The van der Waals surface area contributed by atoms with Crippen molar-refractivity contribution in [2.24, 2.45) is 0 Å². The number of rotatable bonds is 3. The van der Waals surface area contributed by atoms with Gasteiger partial charge < -0.3 is 14.6 Å². The van der Waals surface area contributed by atoms with Crippen molar-refractivity contribution in [2.45, 2.75) is 43.9 Å². The van der Waals surface area contributed by atoms with E-state index in [1.807, 2.05) is 18.2 Å². The predicted octanol–water partition coefficient (Wildman–Crippen LogP) is 3.13. The second-order valence-corrected chi connectivity index (χ2v) is 5.77. The quantitative estimate of drug-likeness (QED) is 0.921. The summed E-state index contributed by atoms with van der Waals surface area (Å²) in [5.41, 5.74) is 0.851. The van der Waals surface area contributed by atoms with Crippen LogP contribution in [0.2, 0.25) is 0 Å². The monoisotopic (exact) mass is 276 g/mol. The van der Waals surface area contributed by atoms with Gasteiger partial charge in [-0.05, 0) is 30.5 Å². The van der Waals surface area contributed by atoms with E-state index in [4.69, 9.17) is 9.47 Å². The predicted molar refractivity (Wildman–Crippen MR) is 74.4 cm³/mol. The van der Waals surface area contributed by atoms with Gasteiger partial charge in [0.25, 0.3) is 0 Å². The van der Waals surface area contributed by atoms with Crippen LogP contribution in [-0.2, 0) is 10.2 Å². The van der Waals surface area contributed by atoms with Crippen molar-refractivity contribution in [3.63, 3.8) is 0 Å². The Morgan fingerprint density at radius 1 is 1.10 bits per heavy atom. The Morgan fingerprint density at radius 3 is 2.50 bits per heavy atom. The topological polar surface area (TPSA) is 55.8 Å². The van der Waals surface area contributed by atoms with E-state index in [2.05, 4.69) is 0 Å². The molecule has 0 atom stereocenters. The molecule has 1 aromatic rings. The Morgan fingerprint density at radius 2 is 1.80 bits per heavy atom. The molecule has 0 unspecified atom stereocenters. The second-order valence-electron chi connectivity index (χ2n) is 5.77. The molecule has 20 heavy (non-hydrogen) atoms. The number of carboxylic acids is 1. The van der Waals surface area contributed by atoms with Crippen molar-refractivity contribution in [1.29, 1.82) is 0 Å². The van der Waals surface area contributed by atoms with Crippen molar-refractivity contribution >= 4 is 5.97 Å². The lowest BCUT2D eigenvalue weighted by Gasteiger charge is -2.37. The number of ether oxygens (including phenoxy) is 2. The van der Waals surface area contributed by atoms with E-state index in [0.717, 1.165) is 42.7 Å². The lowest BCUT2D eigenvalue weighted by atomic mass is 9.67. The van der Waals surface area contributed by atoms with Crippen LogP contribution in [0.15, 0.2) is 18.2 Å². The summed E-state index contributed by atoms with van der Waals surface area (Å²) in [5.74, 6) is 0.798. The number of fused-ring (bicyclic) bond motifs is 1. The Kier molecular flexibility index (Phi) is 3.55. The highest BCUT2D eigenvalue weighted by atomic mass is 16.6. The minimum atomic E-state index is -0.721. The normalized spacial score (nSPS) is 20.4. The molecule has 0 saturated heterocycles. The average molecular weight is 276 g/mol. The highest BCUT2D eigenvalue weighted by Crippen LogP contribution is 2.45. The summed E-state index contributed by atoms with van der Waals surface area (Å²) >= 11 is 0. The van der Waals surface area contributed by atoms with Crippen LogP contribution in [0, 0.1) is 0 Å². The first-order chi connectivity index (χ1) is 9.70. The summed E-state index contributed by atoms with van der Waals surface area (Å²) in [6.07, 6.45) is 5.49. The molecule has 0 amide bonds. The van der Waals surface area contributed by atoms with Crippen LogP contribution in [-0.4, -0.2) is 24.3 Å². The number of carboxylic acid groups (broad SMARTS) is 1. The van der Waals surface area contributed by atoms with Gasteiger partial charge in [-0.3, -0.25) is 4.79 Å². The highest BCUT2D eigenvalue weighted by molar-refractivity contribution is 5.69. The van der Waals surface area contributed by atoms with Crippen molar-refractivity contribution in [3.8, 4) is 11.5 Å². The fourth-order valence-corrected chi connectivity index (χ4v) is 3.46. The molecule has 1 N–H and O–H groups in total. The van der Waals surface area contributed by atoms with Gasteiger partial charge >= 0.3 is 5.97 Å². The summed E-state index contributed by atoms with van der Waals surface area (Å²) in [5, 5.41) is 9.27. The third-order valence-corrected chi connectivity index (χ3v) is 4.45. The summed E-state index contributed by atoms with van der Waals surface area (Å²) < 4.78 is 11.2. The molecule has 0 radical (unpaired) electrons. The molecule has 4 nitrogen and oxygen atoms in total. The van der Waals surface area contributed by atoms with Gasteiger partial charge in [-0.1, -0.05) is 25.3 Å². The first-order valence-corrected chi connectivity index (χ1v) is 7.32. The Bertz CT molecular complexity index is 503. The fourth-order valence-electron chi connectivity index (χ4n) is 3.46. The molecule has 2 aliphatic rings. The first-order valence-electron chi connectivity index (χ1n) is 7.32. The molecule has 1 aliphatic heterocycles. The first kappa shape index (κ1) is 13.3. The second kappa shape index (κ2) is 5.35. The van der Waals surface area contributed by atoms with E-state index < -0.39 is 5.97 Å². The summed E-state index contributed by atoms with van der Waals surface area (Å²) in [4.78, 5) is 11.3. The van der Waals surface area contributed by atoms with E-state index in [1.165, 1.54) is 6.42 Å². The third-order valence-electron chi connectivity index (χ3n) is 4.45. The molecule has 1 heterocycles. The van der Waals surface area contributed by atoms with E-state index >= 15 is 0 Å². The number of aliphatic carboxylic acids is 1.